The van der Waals surface area contributed by atoms with Crippen LogP contribution in [0.2, 0.25) is 10.0 Å². The molecule has 1 aromatic heterocycles. The zero-order chi connectivity index (χ0) is 23.6. The number of ether oxygens (including phenoxy) is 2. The molecule has 0 bridgehead atoms. The van der Waals surface area contributed by atoms with Crippen LogP contribution in [0.1, 0.15) is 36.8 Å². The van der Waals surface area contributed by atoms with Gasteiger partial charge in [0.15, 0.2) is 0 Å². The van der Waals surface area contributed by atoms with E-state index in [0.717, 1.165) is 16.6 Å². The van der Waals surface area contributed by atoms with Gasteiger partial charge < -0.3 is 9.47 Å². The lowest BCUT2D eigenvalue weighted by atomic mass is 10.2. The molecule has 0 radical (unpaired) electrons. The van der Waals surface area contributed by atoms with Gasteiger partial charge in [0.1, 0.15) is 12.4 Å². The number of nitrogens with zero attached hydrogens (tertiary/aromatic N) is 1. The van der Waals surface area contributed by atoms with E-state index >= 15 is 0 Å². The molecule has 0 fully saturated rings. The summed E-state index contributed by atoms with van der Waals surface area (Å²) >= 11 is 12.1. The number of fused-ring (bicyclic) bond motifs is 1. The van der Waals surface area contributed by atoms with E-state index in [1.807, 2.05) is 32.9 Å². The Morgan fingerprint density at radius 1 is 1.10 bits per heavy atom. The summed E-state index contributed by atoms with van der Waals surface area (Å²) in [6.45, 7) is 10.9. The van der Waals surface area contributed by atoms with Crippen molar-refractivity contribution in [1.29, 1.82) is 0 Å². The van der Waals surface area contributed by atoms with E-state index in [2.05, 4.69) is 11.3 Å². The van der Waals surface area contributed by atoms with E-state index in [1.165, 1.54) is 13.0 Å². The van der Waals surface area contributed by atoms with Gasteiger partial charge in [-0.1, -0.05) is 49.7 Å². The maximum absolute atomic E-state index is 12.8. The van der Waals surface area contributed by atoms with Crippen LogP contribution in [0.3, 0.4) is 0 Å². The largest absolute Gasteiger partial charge is 0.495 e. The molecular weight excluding hydrogens is 437 g/mol. The van der Waals surface area contributed by atoms with Crippen molar-refractivity contribution in [1.82, 2.24) is 4.57 Å². The molecule has 3 aromatic rings. The SMILES string of the molecule is C=CCOC(C)=O.CC.COc1cc2cc(C)n(C(=O)c3ccc(Cl)cc3)c2cc1Cl. The van der Waals surface area contributed by atoms with Crippen LogP contribution in [0.15, 0.2) is 55.1 Å². The van der Waals surface area contributed by atoms with Crippen molar-refractivity contribution in [2.24, 2.45) is 0 Å². The van der Waals surface area contributed by atoms with Gasteiger partial charge in [0.2, 0.25) is 0 Å². The average molecular weight is 464 g/mol. The number of halogens is 2. The minimum Gasteiger partial charge on any atom is -0.495 e. The maximum atomic E-state index is 12.8. The molecule has 0 N–H and O–H groups in total. The zero-order valence-electron chi connectivity index (χ0n) is 18.4. The van der Waals surface area contributed by atoms with Gasteiger partial charge in [-0.05, 0) is 49.4 Å². The van der Waals surface area contributed by atoms with E-state index in [4.69, 9.17) is 27.9 Å². The van der Waals surface area contributed by atoms with E-state index in [-0.39, 0.29) is 11.9 Å². The lowest BCUT2D eigenvalue weighted by molar-refractivity contribution is -0.139. The van der Waals surface area contributed by atoms with Crippen LogP contribution in [0.5, 0.6) is 5.75 Å². The Morgan fingerprint density at radius 2 is 1.71 bits per heavy atom. The molecule has 1 heterocycles. The summed E-state index contributed by atoms with van der Waals surface area (Å²) < 4.78 is 11.3. The molecule has 2 aromatic carbocycles. The molecular formula is C24H27Cl2NO4. The highest BCUT2D eigenvalue weighted by Gasteiger charge is 2.16. The van der Waals surface area contributed by atoms with E-state index in [0.29, 0.717) is 28.0 Å². The third-order valence-corrected chi connectivity index (χ3v) is 4.51. The summed E-state index contributed by atoms with van der Waals surface area (Å²) in [5, 5.41) is 1.97. The lowest BCUT2D eigenvalue weighted by Crippen LogP contribution is -2.13. The Bertz CT molecular complexity index is 1040. The number of hydrogen-bond acceptors (Lipinski definition) is 4. The van der Waals surface area contributed by atoms with Crippen molar-refractivity contribution in [2.45, 2.75) is 27.7 Å². The number of methoxy groups -OCH3 is 1. The molecule has 5 nitrogen and oxygen atoms in total. The Hall–Kier alpha value is -2.76. The normalized spacial score (nSPS) is 9.65. The topological polar surface area (TPSA) is 57.5 Å². The summed E-state index contributed by atoms with van der Waals surface area (Å²) in [6.07, 6.45) is 1.53. The molecule has 166 valence electrons. The summed E-state index contributed by atoms with van der Waals surface area (Å²) in [6, 6.07) is 12.3. The first-order chi connectivity index (χ1) is 14.8. The summed E-state index contributed by atoms with van der Waals surface area (Å²) in [5.74, 6) is 0.204. The first kappa shape index (κ1) is 26.3. The van der Waals surface area contributed by atoms with Crippen LogP contribution in [0.4, 0.5) is 0 Å². The summed E-state index contributed by atoms with van der Waals surface area (Å²) in [5.41, 5.74) is 2.15. The number of aromatic nitrogens is 1. The summed E-state index contributed by atoms with van der Waals surface area (Å²) in [4.78, 5) is 22.7. The zero-order valence-corrected chi connectivity index (χ0v) is 19.9. The second-order valence-corrected chi connectivity index (χ2v) is 6.91. The van der Waals surface area contributed by atoms with Crippen LogP contribution in [-0.2, 0) is 9.53 Å². The van der Waals surface area contributed by atoms with Crippen molar-refractivity contribution in [3.8, 4) is 5.75 Å². The fraction of sp³-hybridized carbons (Fsp3) is 0.250. The standard InChI is InChI=1S/C17H13Cl2NO2.C5H8O2.C2H6/c1-10-7-12-8-16(22-2)14(19)9-15(12)20(10)17(21)11-3-5-13(18)6-4-11;1-3-4-7-5(2)6;1-2/h3-9H,1-2H3;3H,1,4H2,2H3;1-2H3. The highest BCUT2D eigenvalue weighted by Crippen LogP contribution is 2.32. The first-order valence-corrected chi connectivity index (χ1v) is 10.4. The fourth-order valence-electron chi connectivity index (χ4n) is 2.67. The molecule has 3 rings (SSSR count). The second kappa shape index (κ2) is 12.8. The number of carbonyl (C=O) groups excluding carboxylic acids is 2. The first-order valence-electron chi connectivity index (χ1n) is 9.68. The van der Waals surface area contributed by atoms with Crippen molar-refractivity contribution in [3.63, 3.8) is 0 Å². The minimum atomic E-state index is -0.264. The van der Waals surface area contributed by atoms with Crippen molar-refractivity contribution in [3.05, 3.63) is 76.4 Å². The number of hydrogen-bond donors (Lipinski definition) is 0. The molecule has 0 unspecified atom stereocenters. The predicted octanol–water partition coefficient (Wildman–Crippen LogP) is 6.72. The number of esters is 1. The Kier molecular flexibility index (Phi) is 10.9. The molecule has 0 saturated carbocycles. The van der Waals surface area contributed by atoms with E-state index in [9.17, 15) is 9.59 Å². The number of rotatable bonds is 4. The Labute approximate surface area is 193 Å². The highest BCUT2D eigenvalue weighted by molar-refractivity contribution is 6.33. The molecule has 0 amide bonds. The predicted molar refractivity (Wildman–Crippen MR) is 128 cm³/mol. The fourth-order valence-corrected chi connectivity index (χ4v) is 3.03. The molecule has 0 aliphatic rings. The van der Waals surface area contributed by atoms with Crippen LogP contribution in [-0.4, -0.2) is 30.2 Å². The van der Waals surface area contributed by atoms with Crippen LogP contribution in [0.25, 0.3) is 10.9 Å². The third kappa shape index (κ3) is 7.16. The molecule has 7 heteroatoms. The van der Waals surface area contributed by atoms with Crippen molar-refractivity contribution >= 4 is 46.0 Å². The van der Waals surface area contributed by atoms with Gasteiger partial charge in [0, 0.05) is 28.6 Å². The number of aryl methyl sites for hydroxylation is 1. The average Bonchev–Trinajstić information content (AvgIpc) is 3.08. The molecule has 0 saturated heterocycles. The number of carbonyl (C=O) groups is 2. The molecule has 0 aliphatic heterocycles. The third-order valence-electron chi connectivity index (χ3n) is 3.96. The van der Waals surface area contributed by atoms with Gasteiger partial charge in [-0.15, -0.1) is 0 Å². The van der Waals surface area contributed by atoms with Crippen LogP contribution in [0, 0.1) is 6.92 Å². The number of benzene rings is 2. The van der Waals surface area contributed by atoms with Crippen LogP contribution >= 0.6 is 23.2 Å². The van der Waals surface area contributed by atoms with Gasteiger partial charge in [0.25, 0.3) is 5.91 Å². The molecule has 0 atom stereocenters. The minimum absolute atomic E-state index is 0.120. The maximum Gasteiger partial charge on any atom is 0.302 e. The molecule has 0 spiro atoms. The van der Waals surface area contributed by atoms with Gasteiger partial charge in [0.05, 0.1) is 17.6 Å². The summed E-state index contributed by atoms with van der Waals surface area (Å²) in [7, 11) is 1.57. The van der Waals surface area contributed by atoms with Gasteiger partial charge >= 0.3 is 5.97 Å². The Balaban J connectivity index is 0.000000457. The van der Waals surface area contributed by atoms with Crippen molar-refractivity contribution in [2.75, 3.05) is 13.7 Å². The smallest absolute Gasteiger partial charge is 0.302 e. The van der Waals surface area contributed by atoms with Crippen LogP contribution < -0.4 is 4.74 Å². The van der Waals surface area contributed by atoms with Crippen molar-refractivity contribution < 1.29 is 19.1 Å². The van der Waals surface area contributed by atoms with E-state index < -0.39 is 0 Å². The molecule has 0 aliphatic carbocycles. The second-order valence-electron chi connectivity index (χ2n) is 6.07. The van der Waals surface area contributed by atoms with Gasteiger partial charge in [-0.2, -0.15) is 0 Å². The van der Waals surface area contributed by atoms with Gasteiger partial charge in [-0.25, -0.2) is 0 Å². The highest BCUT2D eigenvalue weighted by atomic mass is 35.5. The lowest BCUT2D eigenvalue weighted by Gasteiger charge is -2.08. The van der Waals surface area contributed by atoms with Gasteiger partial charge in [-0.3, -0.25) is 14.2 Å². The molecule has 31 heavy (non-hydrogen) atoms. The Morgan fingerprint density at radius 3 is 2.19 bits per heavy atom. The van der Waals surface area contributed by atoms with E-state index in [1.54, 1.807) is 42.0 Å². The quantitative estimate of drug-likeness (QED) is 0.318. The monoisotopic (exact) mass is 463 g/mol.